The van der Waals surface area contributed by atoms with E-state index in [0.29, 0.717) is 25.2 Å². The third-order valence-electron chi connectivity index (χ3n) is 5.86. The highest BCUT2D eigenvalue weighted by atomic mass is 35.5. The first-order chi connectivity index (χ1) is 15.2. The number of halogens is 1. The van der Waals surface area contributed by atoms with Crippen LogP contribution in [0.4, 0.5) is 5.69 Å². The van der Waals surface area contributed by atoms with E-state index >= 15 is 0 Å². The summed E-state index contributed by atoms with van der Waals surface area (Å²) in [6.07, 6.45) is 2.26. The van der Waals surface area contributed by atoms with Gasteiger partial charge in [-0.3, -0.25) is 0 Å². The molecule has 0 spiro atoms. The van der Waals surface area contributed by atoms with Gasteiger partial charge in [0.25, 0.3) is 0 Å². The second-order valence-electron chi connectivity index (χ2n) is 8.07. The summed E-state index contributed by atoms with van der Waals surface area (Å²) in [6, 6.07) is 16.4. The highest BCUT2D eigenvalue weighted by Crippen LogP contribution is 2.19. The second kappa shape index (κ2) is 10.8. The predicted octanol–water partition coefficient (Wildman–Crippen LogP) is 3.67. The lowest BCUT2D eigenvalue weighted by Crippen LogP contribution is -2.51. The van der Waals surface area contributed by atoms with Gasteiger partial charge in [0.15, 0.2) is 5.96 Å². The molecule has 2 aromatic carbocycles. The standard InChI is InChI=1S/C24H31ClN4O2/c25-21-4-6-22(7-5-21)28-10-12-29(13-11-28)24(26)27-17-19-2-1-3-20(16-19)18-31-23-8-14-30-15-9-23/h1-7,16,23H,8-15,17-18H2,(H2,26,27). The maximum atomic E-state index is 6.30. The zero-order chi connectivity index (χ0) is 21.5. The fraction of sp³-hybridized carbons (Fsp3) is 0.458. The van der Waals surface area contributed by atoms with Gasteiger partial charge in [-0.15, -0.1) is 0 Å². The summed E-state index contributed by atoms with van der Waals surface area (Å²) < 4.78 is 11.4. The SMILES string of the molecule is NC(=NCc1cccc(COC2CCOCC2)c1)N1CCN(c2ccc(Cl)cc2)CC1. The molecule has 0 unspecified atom stereocenters. The van der Waals surface area contributed by atoms with Crippen molar-refractivity contribution >= 4 is 23.2 Å². The minimum atomic E-state index is 0.303. The predicted molar refractivity (Wildman–Crippen MR) is 126 cm³/mol. The van der Waals surface area contributed by atoms with E-state index in [0.717, 1.165) is 62.8 Å². The number of rotatable bonds is 6. The number of anilines is 1. The van der Waals surface area contributed by atoms with Gasteiger partial charge in [-0.05, 0) is 48.2 Å². The molecular formula is C24H31ClN4O2. The molecule has 0 saturated carbocycles. The molecule has 0 radical (unpaired) electrons. The largest absolute Gasteiger partial charge is 0.381 e. The molecule has 0 bridgehead atoms. The molecule has 6 nitrogen and oxygen atoms in total. The van der Waals surface area contributed by atoms with Crippen molar-refractivity contribution in [1.82, 2.24) is 4.90 Å². The van der Waals surface area contributed by atoms with Crippen molar-refractivity contribution in [2.75, 3.05) is 44.3 Å². The average Bonchev–Trinajstić information content (AvgIpc) is 2.83. The van der Waals surface area contributed by atoms with Crippen LogP contribution in [-0.2, 0) is 22.6 Å². The van der Waals surface area contributed by atoms with Crippen molar-refractivity contribution in [3.8, 4) is 0 Å². The fourth-order valence-corrected chi connectivity index (χ4v) is 4.12. The highest BCUT2D eigenvalue weighted by Gasteiger charge is 2.18. The van der Waals surface area contributed by atoms with Crippen LogP contribution in [0.3, 0.4) is 0 Å². The molecule has 2 fully saturated rings. The summed E-state index contributed by atoms with van der Waals surface area (Å²) in [5, 5.41) is 0.762. The Morgan fingerprint density at radius 1 is 1.03 bits per heavy atom. The summed E-state index contributed by atoms with van der Waals surface area (Å²) >= 11 is 5.99. The van der Waals surface area contributed by atoms with Crippen LogP contribution >= 0.6 is 11.6 Å². The Labute approximate surface area is 189 Å². The van der Waals surface area contributed by atoms with Gasteiger partial charge in [-0.2, -0.15) is 0 Å². The molecule has 2 aliphatic heterocycles. The molecule has 2 N–H and O–H groups in total. The van der Waals surface area contributed by atoms with Crippen LogP contribution in [-0.4, -0.2) is 56.4 Å². The van der Waals surface area contributed by atoms with Gasteiger partial charge < -0.3 is 25.0 Å². The van der Waals surface area contributed by atoms with Crippen molar-refractivity contribution in [3.63, 3.8) is 0 Å². The lowest BCUT2D eigenvalue weighted by atomic mass is 10.1. The van der Waals surface area contributed by atoms with E-state index in [1.165, 1.54) is 11.3 Å². The molecule has 0 aliphatic carbocycles. The van der Waals surface area contributed by atoms with Crippen LogP contribution in [0, 0.1) is 0 Å². The first-order valence-corrected chi connectivity index (χ1v) is 11.4. The number of piperazine rings is 1. The number of benzene rings is 2. The monoisotopic (exact) mass is 442 g/mol. The fourth-order valence-electron chi connectivity index (χ4n) is 3.99. The zero-order valence-electron chi connectivity index (χ0n) is 17.9. The average molecular weight is 443 g/mol. The maximum Gasteiger partial charge on any atom is 0.191 e. The topological polar surface area (TPSA) is 63.3 Å². The second-order valence-corrected chi connectivity index (χ2v) is 8.50. The van der Waals surface area contributed by atoms with Crippen molar-refractivity contribution in [2.45, 2.75) is 32.1 Å². The summed E-state index contributed by atoms with van der Waals surface area (Å²) in [5.74, 6) is 0.611. The number of hydrogen-bond donors (Lipinski definition) is 1. The molecule has 7 heteroatoms. The van der Waals surface area contributed by atoms with Gasteiger partial charge in [-0.25, -0.2) is 4.99 Å². The van der Waals surface area contributed by atoms with Gasteiger partial charge in [0, 0.05) is 50.1 Å². The smallest absolute Gasteiger partial charge is 0.191 e. The molecule has 2 heterocycles. The quantitative estimate of drug-likeness (QED) is 0.546. The number of nitrogens with zero attached hydrogens (tertiary/aromatic N) is 3. The minimum absolute atomic E-state index is 0.303. The number of nitrogens with two attached hydrogens (primary N) is 1. The van der Waals surface area contributed by atoms with Gasteiger partial charge in [0.1, 0.15) is 0 Å². The highest BCUT2D eigenvalue weighted by molar-refractivity contribution is 6.30. The molecule has 2 aromatic rings. The van der Waals surface area contributed by atoms with Gasteiger partial charge in [-0.1, -0.05) is 35.9 Å². The number of aliphatic imine (C=N–C) groups is 1. The summed E-state index contributed by atoms with van der Waals surface area (Å²) in [7, 11) is 0. The summed E-state index contributed by atoms with van der Waals surface area (Å²) in [4.78, 5) is 9.15. The lowest BCUT2D eigenvalue weighted by molar-refractivity contribution is -0.0390. The van der Waals surface area contributed by atoms with E-state index in [1.54, 1.807) is 0 Å². The first kappa shape index (κ1) is 21.9. The molecule has 31 heavy (non-hydrogen) atoms. The van der Waals surface area contributed by atoms with Crippen LogP contribution in [0.5, 0.6) is 0 Å². The molecule has 0 amide bonds. The molecule has 2 aliphatic rings. The van der Waals surface area contributed by atoms with Crippen molar-refractivity contribution < 1.29 is 9.47 Å². The molecule has 0 aromatic heterocycles. The Balaban J connectivity index is 1.26. The van der Waals surface area contributed by atoms with Crippen molar-refractivity contribution in [2.24, 2.45) is 10.7 Å². The van der Waals surface area contributed by atoms with Crippen LogP contribution in [0.15, 0.2) is 53.5 Å². The van der Waals surface area contributed by atoms with E-state index in [1.807, 2.05) is 12.1 Å². The molecular weight excluding hydrogens is 412 g/mol. The van der Waals surface area contributed by atoms with Crippen molar-refractivity contribution in [3.05, 3.63) is 64.7 Å². The Hall–Kier alpha value is -2.28. The maximum absolute atomic E-state index is 6.30. The Morgan fingerprint density at radius 2 is 1.74 bits per heavy atom. The number of ether oxygens (including phenoxy) is 2. The molecule has 4 rings (SSSR count). The summed E-state index contributed by atoms with van der Waals surface area (Å²) in [5.41, 5.74) is 9.82. The molecule has 0 atom stereocenters. The third-order valence-corrected chi connectivity index (χ3v) is 6.12. The van der Waals surface area contributed by atoms with E-state index in [9.17, 15) is 0 Å². The van der Waals surface area contributed by atoms with E-state index in [4.69, 9.17) is 26.8 Å². The molecule has 2 saturated heterocycles. The van der Waals surface area contributed by atoms with Gasteiger partial charge >= 0.3 is 0 Å². The Morgan fingerprint density at radius 3 is 2.48 bits per heavy atom. The summed E-state index contributed by atoms with van der Waals surface area (Å²) in [6.45, 7) is 6.35. The van der Waals surface area contributed by atoms with Crippen molar-refractivity contribution in [1.29, 1.82) is 0 Å². The van der Waals surface area contributed by atoms with E-state index in [2.05, 4.69) is 51.2 Å². The van der Waals surface area contributed by atoms with Crippen LogP contribution < -0.4 is 10.6 Å². The number of hydrogen-bond acceptors (Lipinski definition) is 4. The zero-order valence-corrected chi connectivity index (χ0v) is 18.6. The normalized spacial score (nSPS) is 18.4. The Bertz CT molecular complexity index is 860. The van der Waals surface area contributed by atoms with Crippen LogP contribution in [0.1, 0.15) is 24.0 Å². The van der Waals surface area contributed by atoms with E-state index < -0.39 is 0 Å². The Kier molecular flexibility index (Phi) is 7.67. The van der Waals surface area contributed by atoms with Crippen LogP contribution in [0.2, 0.25) is 5.02 Å². The minimum Gasteiger partial charge on any atom is -0.381 e. The van der Waals surface area contributed by atoms with Gasteiger partial charge in [0.05, 0.1) is 19.3 Å². The lowest BCUT2D eigenvalue weighted by Gasteiger charge is -2.36. The number of guanidine groups is 1. The van der Waals surface area contributed by atoms with E-state index in [-0.39, 0.29) is 0 Å². The van der Waals surface area contributed by atoms with Crippen LogP contribution in [0.25, 0.3) is 0 Å². The molecule has 166 valence electrons. The van der Waals surface area contributed by atoms with Gasteiger partial charge in [0.2, 0.25) is 0 Å². The first-order valence-electron chi connectivity index (χ1n) is 11.0. The third kappa shape index (κ3) is 6.35.